The summed E-state index contributed by atoms with van der Waals surface area (Å²) in [5.41, 5.74) is 0.0805. The number of amides is 1. The smallest absolute Gasteiger partial charge is 0.301 e. The summed E-state index contributed by atoms with van der Waals surface area (Å²) >= 11 is 0. The monoisotopic (exact) mass is 332 g/mol. The van der Waals surface area contributed by atoms with Gasteiger partial charge in [0, 0.05) is 11.0 Å². The van der Waals surface area contributed by atoms with E-state index in [4.69, 9.17) is 0 Å². The van der Waals surface area contributed by atoms with Crippen LogP contribution in [-0.4, -0.2) is 31.8 Å². The Hall–Kier alpha value is -3.10. The minimum atomic E-state index is -1.62. The van der Waals surface area contributed by atoms with Crippen molar-refractivity contribution in [1.29, 1.82) is 0 Å². The van der Waals surface area contributed by atoms with E-state index in [1.54, 1.807) is 0 Å². The first-order chi connectivity index (χ1) is 11.3. The number of hydrogen-bond donors (Lipinski definition) is 3. The van der Waals surface area contributed by atoms with Crippen molar-refractivity contribution in [2.24, 2.45) is 0 Å². The standard InChI is InChI=1S/C15H16N4O5/c1-7(2)18-13-11(14(21)17-18)10(8-3-5-9(20)6-4-8)12(19(23)24)15(22)16-13/h3-7,10,12,20H,1-2H3,(H,16,22)(H,17,21)/t10-,12-/m0/s1. The molecule has 24 heavy (non-hydrogen) atoms. The van der Waals surface area contributed by atoms with Gasteiger partial charge in [-0.05, 0) is 31.5 Å². The van der Waals surface area contributed by atoms with Crippen LogP contribution < -0.4 is 10.9 Å². The lowest BCUT2D eigenvalue weighted by molar-refractivity contribution is -0.509. The molecule has 1 amide bonds. The number of H-pyrrole nitrogens is 1. The Morgan fingerprint density at radius 1 is 1.25 bits per heavy atom. The van der Waals surface area contributed by atoms with Crippen LogP contribution >= 0.6 is 0 Å². The van der Waals surface area contributed by atoms with E-state index in [1.165, 1.54) is 28.9 Å². The second-order valence-electron chi connectivity index (χ2n) is 5.96. The van der Waals surface area contributed by atoms with Crippen molar-refractivity contribution in [2.75, 3.05) is 5.32 Å². The first-order valence-corrected chi connectivity index (χ1v) is 7.39. The van der Waals surface area contributed by atoms with Crippen molar-refractivity contribution in [3.63, 3.8) is 0 Å². The second kappa shape index (κ2) is 5.52. The molecule has 0 unspecified atom stereocenters. The summed E-state index contributed by atoms with van der Waals surface area (Å²) < 4.78 is 1.49. The van der Waals surface area contributed by atoms with Crippen molar-refractivity contribution in [3.05, 3.63) is 55.9 Å². The van der Waals surface area contributed by atoms with Gasteiger partial charge in [-0.3, -0.25) is 29.5 Å². The summed E-state index contributed by atoms with van der Waals surface area (Å²) in [7, 11) is 0. The lowest BCUT2D eigenvalue weighted by atomic mass is 9.83. The quantitative estimate of drug-likeness (QED) is 0.574. The van der Waals surface area contributed by atoms with Crippen LogP contribution in [0.4, 0.5) is 5.82 Å². The number of phenolic OH excluding ortho intramolecular Hbond substituents is 1. The van der Waals surface area contributed by atoms with Crippen molar-refractivity contribution >= 4 is 11.7 Å². The Morgan fingerprint density at radius 3 is 2.42 bits per heavy atom. The molecule has 0 spiro atoms. The van der Waals surface area contributed by atoms with E-state index in [2.05, 4.69) is 10.4 Å². The fraction of sp³-hybridized carbons (Fsp3) is 0.333. The van der Waals surface area contributed by atoms with Gasteiger partial charge in [0.1, 0.15) is 11.6 Å². The third kappa shape index (κ3) is 2.34. The zero-order valence-electron chi connectivity index (χ0n) is 13.0. The predicted molar refractivity (Wildman–Crippen MR) is 84.8 cm³/mol. The van der Waals surface area contributed by atoms with E-state index in [0.717, 1.165) is 0 Å². The molecule has 1 aromatic carbocycles. The molecule has 3 N–H and O–H groups in total. The van der Waals surface area contributed by atoms with Crippen molar-refractivity contribution in [1.82, 2.24) is 9.78 Å². The summed E-state index contributed by atoms with van der Waals surface area (Å²) in [6.07, 6.45) is 0. The van der Waals surface area contributed by atoms with Gasteiger partial charge >= 0.3 is 11.9 Å². The van der Waals surface area contributed by atoms with Crippen molar-refractivity contribution < 1.29 is 14.8 Å². The molecule has 0 saturated carbocycles. The number of rotatable bonds is 3. The zero-order chi connectivity index (χ0) is 17.6. The number of aromatic nitrogens is 2. The topological polar surface area (TPSA) is 130 Å². The lowest BCUT2D eigenvalue weighted by Crippen LogP contribution is -2.45. The molecule has 1 aliphatic heterocycles. The fourth-order valence-electron chi connectivity index (χ4n) is 3.01. The van der Waals surface area contributed by atoms with Crippen LogP contribution in [0.3, 0.4) is 0 Å². The van der Waals surface area contributed by atoms with Crippen LogP contribution in [0.15, 0.2) is 29.1 Å². The maximum atomic E-state index is 12.4. The van der Waals surface area contributed by atoms with Gasteiger partial charge in [-0.2, -0.15) is 0 Å². The molecule has 0 saturated heterocycles. The highest BCUT2D eigenvalue weighted by Crippen LogP contribution is 2.37. The largest absolute Gasteiger partial charge is 0.508 e. The third-order valence-electron chi connectivity index (χ3n) is 4.10. The molecule has 3 rings (SSSR count). The summed E-state index contributed by atoms with van der Waals surface area (Å²) in [4.78, 5) is 35.5. The number of aromatic hydroxyl groups is 1. The number of phenols is 1. The van der Waals surface area contributed by atoms with Crippen molar-refractivity contribution in [2.45, 2.75) is 31.8 Å². The fourth-order valence-corrected chi connectivity index (χ4v) is 3.01. The molecule has 1 aliphatic rings. The van der Waals surface area contributed by atoms with Crippen LogP contribution in [-0.2, 0) is 4.79 Å². The molecule has 126 valence electrons. The van der Waals surface area contributed by atoms with Gasteiger partial charge in [0.25, 0.3) is 5.56 Å². The number of carbonyl (C=O) groups excluding carboxylic acids is 1. The number of carbonyl (C=O) groups is 1. The molecule has 1 aromatic heterocycles. The van der Waals surface area contributed by atoms with E-state index >= 15 is 0 Å². The second-order valence-corrected chi connectivity index (χ2v) is 5.96. The van der Waals surface area contributed by atoms with E-state index in [0.29, 0.717) is 5.56 Å². The molecule has 2 atom stereocenters. The van der Waals surface area contributed by atoms with Crippen LogP contribution in [0.1, 0.15) is 36.9 Å². The van der Waals surface area contributed by atoms with E-state index in [1.807, 2.05) is 13.8 Å². The molecule has 9 heteroatoms. The van der Waals surface area contributed by atoms with Crippen LogP contribution in [0.5, 0.6) is 5.75 Å². The molecule has 0 fully saturated rings. The molecule has 9 nitrogen and oxygen atoms in total. The van der Waals surface area contributed by atoms with Crippen molar-refractivity contribution in [3.8, 4) is 5.75 Å². The number of fused-ring (bicyclic) bond motifs is 1. The molecular weight excluding hydrogens is 316 g/mol. The molecular formula is C15H16N4O5. The van der Waals surface area contributed by atoms with Crippen LogP contribution in [0, 0.1) is 10.1 Å². The summed E-state index contributed by atoms with van der Waals surface area (Å²) in [5.74, 6) is -1.58. The molecule has 0 bridgehead atoms. The lowest BCUT2D eigenvalue weighted by Gasteiger charge is -2.26. The van der Waals surface area contributed by atoms with E-state index in [-0.39, 0.29) is 23.2 Å². The average molecular weight is 332 g/mol. The number of benzene rings is 1. The Morgan fingerprint density at radius 2 is 1.88 bits per heavy atom. The Labute approximate surface area is 136 Å². The summed E-state index contributed by atoms with van der Waals surface area (Å²) in [6.45, 7) is 3.63. The highest BCUT2D eigenvalue weighted by atomic mass is 16.6. The molecule has 2 aromatic rings. The van der Waals surface area contributed by atoms with Gasteiger partial charge in [0.2, 0.25) is 0 Å². The maximum absolute atomic E-state index is 12.4. The summed E-state index contributed by atoms with van der Waals surface area (Å²) in [5, 5.41) is 26.0. The number of anilines is 1. The van der Waals surface area contributed by atoms with Gasteiger partial charge in [-0.15, -0.1) is 0 Å². The minimum absolute atomic E-state index is 0.00875. The Balaban J connectivity index is 2.27. The average Bonchev–Trinajstić information content (AvgIpc) is 2.83. The number of nitro groups is 1. The maximum Gasteiger partial charge on any atom is 0.301 e. The third-order valence-corrected chi connectivity index (χ3v) is 4.10. The highest BCUT2D eigenvalue weighted by molar-refractivity contribution is 5.97. The van der Waals surface area contributed by atoms with Gasteiger partial charge < -0.3 is 10.4 Å². The first kappa shape index (κ1) is 15.8. The predicted octanol–water partition coefficient (Wildman–Crippen LogP) is 1.19. The van der Waals surface area contributed by atoms with Gasteiger partial charge in [0.15, 0.2) is 0 Å². The number of nitrogens with zero attached hydrogens (tertiary/aromatic N) is 2. The Bertz CT molecular complexity index is 865. The summed E-state index contributed by atoms with van der Waals surface area (Å²) in [6, 6.07) is 3.93. The minimum Gasteiger partial charge on any atom is -0.508 e. The molecule has 0 aliphatic carbocycles. The number of nitrogens with one attached hydrogen (secondary N) is 2. The number of aromatic amines is 1. The van der Waals surface area contributed by atoms with Gasteiger partial charge in [-0.25, -0.2) is 0 Å². The Kier molecular flexibility index (Phi) is 3.63. The van der Waals surface area contributed by atoms with Gasteiger partial charge in [-0.1, -0.05) is 12.1 Å². The zero-order valence-corrected chi connectivity index (χ0v) is 13.0. The van der Waals surface area contributed by atoms with E-state index < -0.39 is 28.3 Å². The highest BCUT2D eigenvalue weighted by Gasteiger charge is 2.48. The van der Waals surface area contributed by atoms with E-state index in [9.17, 15) is 24.8 Å². The molecule has 0 radical (unpaired) electrons. The van der Waals surface area contributed by atoms with Gasteiger partial charge in [0.05, 0.1) is 11.5 Å². The first-order valence-electron chi connectivity index (χ1n) is 7.39. The normalized spacial score (nSPS) is 19.9. The van der Waals surface area contributed by atoms with Crippen LogP contribution in [0.25, 0.3) is 0 Å². The molecule has 2 heterocycles. The number of hydrogen-bond acceptors (Lipinski definition) is 5. The SMILES string of the molecule is CC(C)n1[nH]c(=O)c2c1NC(=O)[C@@H]([N+](=O)[O-])[C@H]2c1ccc(O)cc1. The van der Waals surface area contributed by atoms with Crippen LogP contribution in [0.2, 0.25) is 0 Å².